The van der Waals surface area contributed by atoms with E-state index in [0.29, 0.717) is 11.0 Å². The third-order valence-corrected chi connectivity index (χ3v) is 10.8. The number of aromatic hydroxyl groups is 1. The predicted octanol–water partition coefficient (Wildman–Crippen LogP) is 4.88. The Hall–Kier alpha value is -3.75. The van der Waals surface area contributed by atoms with E-state index in [1.807, 2.05) is 18.2 Å². The zero-order valence-corrected chi connectivity index (χ0v) is 23.2. The molecular formula is C31H23Cl2FN2O5. The number of allylic oxidation sites excluding steroid dienone is 2. The number of hydrogen-bond acceptors (Lipinski definition) is 5. The summed E-state index contributed by atoms with van der Waals surface area (Å²) < 4.78 is 13.8. The average Bonchev–Trinajstić information content (AvgIpc) is 3.27. The van der Waals surface area contributed by atoms with Crippen LogP contribution < -0.4 is 4.90 Å². The molecule has 4 aliphatic rings. The highest BCUT2D eigenvalue weighted by Gasteiger charge is 2.76. The minimum atomic E-state index is -2.10. The molecule has 3 aromatic rings. The Kier molecular flexibility index (Phi) is 5.51. The highest BCUT2D eigenvalue weighted by atomic mass is 35.5. The number of amides is 4. The summed E-state index contributed by atoms with van der Waals surface area (Å²) in [5.74, 6) is -6.21. The smallest absolute Gasteiger partial charge is 0.258 e. The SMILES string of the molecule is CN1C(=O)[C@H]2[C@H](CC=C3[C@H]2C[C@@]2(Cl)C(=O)N(c4ccc(F)cc4)C(=O)[C@@]2(Cl)[C@H]3c2ccc3ccccc3c2O)C1=O. The van der Waals surface area contributed by atoms with Gasteiger partial charge in [-0.05, 0) is 48.4 Å². The summed E-state index contributed by atoms with van der Waals surface area (Å²) in [6, 6.07) is 15.4. The quantitative estimate of drug-likeness (QED) is 0.260. The molecule has 2 saturated heterocycles. The first-order chi connectivity index (χ1) is 19.5. The summed E-state index contributed by atoms with van der Waals surface area (Å²) >= 11 is 14.6. The summed E-state index contributed by atoms with van der Waals surface area (Å²) in [4.78, 5) is 52.7. The fourth-order valence-corrected chi connectivity index (χ4v) is 8.33. The number of anilines is 1. The van der Waals surface area contributed by atoms with Gasteiger partial charge in [0.15, 0.2) is 9.75 Å². The number of imide groups is 2. The van der Waals surface area contributed by atoms with Crippen LogP contribution in [-0.2, 0) is 19.2 Å². The first kappa shape index (κ1) is 26.2. The number of likely N-dealkylation sites (tertiary alicyclic amines) is 1. The number of carbonyl (C=O) groups excluding carboxylic acids is 4. The third-order valence-electron chi connectivity index (χ3n) is 9.36. The Morgan fingerprint density at radius 1 is 0.902 bits per heavy atom. The number of benzene rings is 3. The molecule has 1 saturated carbocycles. The Bertz CT molecular complexity index is 1740. The van der Waals surface area contributed by atoms with Gasteiger partial charge in [-0.3, -0.25) is 24.1 Å². The Labute approximate surface area is 244 Å². The molecule has 3 fully saturated rings. The van der Waals surface area contributed by atoms with Crippen molar-refractivity contribution < 1.29 is 28.7 Å². The second-order valence-corrected chi connectivity index (χ2v) is 12.5. The molecular weight excluding hydrogens is 570 g/mol. The molecule has 3 aromatic carbocycles. The van der Waals surface area contributed by atoms with Crippen molar-refractivity contribution in [1.29, 1.82) is 0 Å². The Morgan fingerprint density at radius 3 is 2.34 bits per heavy atom. The summed E-state index contributed by atoms with van der Waals surface area (Å²) in [5, 5.41) is 12.9. The first-order valence-corrected chi connectivity index (χ1v) is 14.0. The van der Waals surface area contributed by atoms with Gasteiger partial charge in [0, 0.05) is 23.9 Å². The van der Waals surface area contributed by atoms with Gasteiger partial charge in [0.2, 0.25) is 11.8 Å². The minimum Gasteiger partial charge on any atom is -0.507 e. The van der Waals surface area contributed by atoms with Crippen LogP contribution in [0.5, 0.6) is 5.75 Å². The number of hydrogen-bond donors (Lipinski definition) is 1. The number of carbonyl (C=O) groups is 4. The molecule has 208 valence electrons. The van der Waals surface area contributed by atoms with Gasteiger partial charge in [-0.15, -0.1) is 23.2 Å². The Balaban J connectivity index is 1.48. The fraction of sp³-hybridized carbons (Fsp3) is 0.290. The second-order valence-electron chi connectivity index (χ2n) is 11.2. The van der Waals surface area contributed by atoms with E-state index in [2.05, 4.69) is 0 Å². The minimum absolute atomic E-state index is 0.0963. The zero-order chi connectivity index (χ0) is 29.0. The zero-order valence-electron chi connectivity index (χ0n) is 21.7. The lowest BCUT2D eigenvalue weighted by atomic mass is 9.56. The van der Waals surface area contributed by atoms with Gasteiger partial charge in [0.05, 0.1) is 17.5 Å². The number of phenolic OH excluding ortho intramolecular Hbond substituents is 1. The molecule has 41 heavy (non-hydrogen) atoms. The van der Waals surface area contributed by atoms with Crippen molar-refractivity contribution >= 4 is 63.3 Å². The Morgan fingerprint density at radius 2 is 1.61 bits per heavy atom. The van der Waals surface area contributed by atoms with Crippen molar-refractivity contribution in [3.63, 3.8) is 0 Å². The van der Waals surface area contributed by atoms with Gasteiger partial charge in [-0.2, -0.15) is 0 Å². The predicted molar refractivity (Wildman–Crippen MR) is 150 cm³/mol. The topological polar surface area (TPSA) is 95.0 Å². The molecule has 0 spiro atoms. The molecule has 1 N–H and O–H groups in total. The maximum absolute atomic E-state index is 14.3. The highest BCUT2D eigenvalue weighted by Crippen LogP contribution is 2.66. The van der Waals surface area contributed by atoms with E-state index >= 15 is 0 Å². The van der Waals surface area contributed by atoms with Crippen molar-refractivity contribution in [2.24, 2.45) is 17.8 Å². The number of halogens is 3. The van der Waals surface area contributed by atoms with Crippen molar-refractivity contribution in [2.45, 2.75) is 28.5 Å². The van der Waals surface area contributed by atoms with E-state index in [0.717, 1.165) is 27.3 Å². The lowest BCUT2D eigenvalue weighted by Gasteiger charge is -2.50. The van der Waals surface area contributed by atoms with Crippen LogP contribution in [0.15, 0.2) is 72.3 Å². The molecule has 0 radical (unpaired) electrons. The third kappa shape index (κ3) is 3.20. The van der Waals surface area contributed by atoms with Gasteiger partial charge in [-0.25, -0.2) is 9.29 Å². The molecule has 7 rings (SSSR count). The second kappa shape index (κ2) is 8.63. The van der Waals surface area contributed by atoms with E-state index < -0.39 is 51.1 Å². The number of fused-ring (bicyclic) bond motifs is 5. The van der Waals surface area contributed by atoms with Crippen LogP contribution in [-0.4, -0.2) is 50.4 Å². The van der Waals surface area contributed by atoms with Gasteiger partial charge in [0.1, 0.15) is 11.6 Å². The van der Waals surface area contributed by atoms with Crippen LogP contribution in [0.1, 0.15) is 24.3 Å². The molecule has 4 amide bonds. The van der Waals surface area contributed by atoms with E-state index in [9.17, 15) is 28.7 Å². The van der Waals surface area contributed by atoms with Crippen LogP contribution >= 0.6 is 23.2 Å². The van der Waals surface area contributed by atoms with Crippen molar-refractivity contribution in [1.82, 2.24) is 4.90 Å². The number of nitrogens with zero attached hydrogens (tertiary/aromatic N) is 2. The van der Waals surface area contributed by atoms with Crippen LogP contribution in [0.3, 0.4) is 0 Å². The number of phenols is 1. The lowest BCUT2D eigenvalue weighted by Crippen LogP contribution is -2.60. The van der Waals surface area contributed by atoms with Crippen molar-refractivity contribution in [3.8, 4) is 5.75 Å². The molecule has 6 atom stereocenters. The largest absolute Gasteiger partial charge is 0.507 e. The lowest BCUT2D eigenvalue weighted by molar-refractivity contribution is -0.138. The van der Waals surface area contributed by atoms with Gasteiger partial charge in [0.25, 0.3) is 11.8 Å². The molecule has 2 aliphatic carbocycles. The van der Waals surface area contributed by atoms with Crippen LogP contribution in [0.25, 0.3) is 10.8 Å². The molecule has 0 bridgehead atoms. The summed E-state index contributed by atoms with van der Waals surface area (Å²) in [5.41, 5.74) is 0.964. The standard InChI is InChI=1S/C31H23Cl2FN2O5/c1-35-26(38)20-13-12-19-22(23(20)27(35)39)14-30(32)28(40)36(17-9-7-16(34)8-10-17)29(41)31(30,33)24(19)21-11-6-15-4-2-3-5-18(15)25(21)37/h2-12,20,22-24,37H,13-14H2,1H3/t20-,22+,23-,24+,30+,31-/m0/s1. The van der Waals surface area contributed by atoms with Gasteiger partial charge in [-0.1, -0.05) is 48.0 Å². The van der Waals surface area contributed by atoms with Gasteiger partial charge >= 0.3 is 0 Å². The van der Waals surface area contributed by atoms with E-state index in [-0.39, 0.29) is 41.7 Å². The maximum Gasteiger partial charge on any atom is 0.258 e. The normalized spacial score (nSPS) is 32.7. The molecule has 0 aromatic heterocycles. The van der Waals surface area contributed by atoms with Crippen LogP contribution in [0.2, 0.25) is 0 Å². The van der Waals surface area contributed by atoms with E-state index in [1.165, 1.54) is 19.2 Å². The average molecular weight is 593 g/mol. The highest BCUT2D eigenvalue weighted by molar-refractivity contribution is 6.58. The molecule has 10 heteroatoms. The van der Waals surface area contributed by atoms with Gasteiger partial charge < -0.3 is 5.11 Å². The van der Waals surface area contributed by atoms with E-state index in [4.69, 9.17) is 23.2 Å². The molecule has 7 nitrogen and oxygen atoms in total. The number of alkyl halides is 2. The maximum atomic E-state index is 14.3. The number of rotatable bonds is 2. The summed E-state index contributed by atoms with van der Waals surface area (Å²) in [6.07, 6.45) is 1.88. The molecule has 2 aliphatic heterocycles. The summed E-state index contributed by atoms with van der Waals surface area (Å²) in [7, 11) is 1.43. The van der Waals surface area contributed by atoms with Crippen molar-refractivity contribution in [3.05, 3.63) is 83.7 Å². The molecule has 2 heterocycles. The van der Waals surface area contributed by atoms with Crippen LogP contribution in [0.4, 0.5) is 10.1 Å². The molecule has 0 unspecified atom stereocenters. The van der Waals surface area contributed by atoms with Crippen LogP contribution in [0, 0.1) is 23.6 Å². The first-order valence-electron chi connectivity index (χ1n) is 13.2. The fourth-order valence-electron chi connectivity index (χ4n) is 7.41. The summed E-state index contributed by atoms with van der Waals surface area (Å²) in [6.45, 7) is 0. The monoisotopic (exact) mass is 592 g/mol. The van der Waals surface area contributed by atoms with Crippen molar-refractivity contribution in [2.75, 3.05) is 11.9 Å². The van der Waals surface area contributed by atoms with E-state index in [1.54, 1.807) is 24.3 Å².